The normalized spacial score (nSPS) is 15.4. The molecular weight excluding hydrogens is 318 g/mol. The molecule has 0 N–H and O–H groups in total. The molecule has 1 aliphatic rings. The fraction of sp³-hybridized carbons (Fsp3) is 0.389. The van der Waals surface area contributed by atoms with Gasteiger partial charge in [-0.05, 0) is 31.9 Å². The van der Waals surface area contributed by atoms with Gasteiger partial charge in [0, 0.05) is 24.7 Å². The van der Waals surface area contributed by atoms with Crippen LogP contribution in [0.5, 0.6) is 0 Å². The lowest BCUT2D eigenvalue weighted by molar-refractivity contribution is 0.0949. The second-order valence-electron chi connectivity index (χ2n) is 6.31. The van der Waals surface area contributed by atoms with Crippen LogP contribution in [0.1, 0.15) is 53.1 Å². The maximum atomic E-state index is 12.9. The van der Waals surface area contributed by atoms with Crippen molar-refractivity contribution in [3.63, 3.8) is 0 Å². The SMILES string of the molecule is Cc1ccc2oc(C(=O)[C@@H](C#N)c3nnc4n3CCCCC4)cc2n1. The number of furan rings is 1. The van der Waals surface area contributed by atoms with Gasteiger partial charge in [0.05, 0.1) is 6.07 Å². The number of aryl methyl sites for hydroxylation is 2. The second-order valence-corrected chi connectivity index (χ2v) is 6.31. The Kier molecular flexibility index (Phi) is 3.80. The molecule has 1 aliphatic heterocycles. The minimum atomic E-state index is -1.03. The summed E-state index contributed by atoms with van der Waals surface area (Å²) in [5, 5.41) is 17.9. The summed E-state index contributed by atoms with van der Waals surface area (Å²) in [6.07, 6.45) is 3.99. The van der Waals surface area contributed by atoms with Crippen LogP contribution in [0.3, 0.4) is 0 Å². The van der Waals surface area contributed by atoms with Crippen molar-refractivity contribution in [1.82, 2.24) is 19.7 Å². The van der Waals surface area contributed by atoms with Gasteiger partial charge in [-0.2, -0.15) is 5.26 Å². The molecule has 25 heavy (non-hydrogen) atoms. The number of rotatable bonds is 3. The third-order valence-electron chi connectivity index (χ3n) is 4.54. The first-order chi connectivity index (χ1) is 12.2. The Morgan fingerprint density at radius 2 is 2.20 bits per heavy atom. The highest BCUT2D eigenvalue weighted by Crippen LogP contribution is 2.26. The van der Waals surface area contributed by atoms with Gasteiger partial charge in [0.15, 0.2) is 23.1 Å². The smallest absolute Gasteiger partial charge is 0.222 e. The van der Waals surface area contributed by atoms with E-state index in [4.69, 9.17) is 4.42 Å². The summed E-state index contributed by atoms with van der Waals surface area (Å²) >= 11 is 0. The molecular formula is C18H17N5O2. The Morgan fingerprint density at radius 1 is 1.32 bits per heavy atom. The summed E-state index contributed by atoms with van der Waals surface area (Å²) in [7, 11) is 0. The Labute approximate surface area is 144 Å². The average molecular weight is 335 g/mol. The Hall–Kier alpha value is -3.01. The molecule has 4 heterocycles. The number of fused-ring (bicyclic) bond motifs is 2. The third kappa shape index (κ3) is 2.70. The lowest BCUT2D eigenvalue weighted by atomic mass is 10.0. The predicted molar refractivity (Wildman–Crippen MR) is 89.0 cm³/mol. The number of pyridine rings is 1. The lowest BCUT2D eigenvalue weighted by Crippen LogP contribution is -2.17. The first kappa shape index (κ1) is 15.5. The molecule has 0 unspecified atom stereocenters. The number of carbonyl (C=O) groups is 1. The second kappa shape index (κ2) is 6.13. The van der Waals surface area contributed by atoms with E-state index in [1.165, 1.54) is 0 Å². The molecule has 0 saturated carbocycles. The van der Waals surface area contributed by atoms with E-state index in [1.54, 1.807) is 12.1 Å². The summed E-state index contributed by atoms with van der Waals surface area (Å²) in [6, 6.07) is 7.26. The summed E-state index contributed by atoms with van der Waals surface area (Å²) in [6.45, 7) is 2.61. The Bertz CT molecular complexity index is 995. The lowest BCUT2D eigenvalue weighted by Gasteiger charge is -2.09. The summed E-state index contributed by atoms with van der Waals surface area (Å²) in [4.78, 5) is 17.2. The van der Waals surface area contributed by atoms with Crippen molar-refractivity contribution in [2.24, 2.45) is 0 Å². The van der Waals surface area contributed by atoms with Gasteiger partial charge in [-0.15, -0.1) is 10.2 Å². The van der Waals surface area contributed by atoms with Gasteiger partial charge in [0.2, 0.25) is 5.78 Å². The fourth-order valence-electron chi connectivity index (χ4n) is 3.24. The largest absolute Gasteiger partial charge is 0.451 e. The summed E-state index contributed by atoms with van der Waals surface area (Å²) in [5.41, 5.74) is 1.98. The van der Waals surface area contributed by atoms with Crippen LogP contribution in [-0.2, 0) is 13.0 Å². The molecule has 0 amide bonds. The molecule has 4 rings (SSSR count). The van der Waals surface area contributed by atoms with Crippen LogP contribution in [0, 0.1) is 18.3 Å². The quantitative estimate of drug-likeness (QED) is 0.683. The van der Waals surface area contributed by atoms with Crippen LogP contribution >= 0.6 is 0 Å². The van der Waals surface area contributed by atoms with Crippen LogP contribution in [-0.4, -0.2) is 25.5 Å². The van der Waals surface area contributed by atoms with Crippen LogP contribution < -0.4 is 0 Å². The monoisotopic (exact) mass is 335 g/mol. The maximum Gasteiger partial charge on any atom is 0.222 e. The van der Waals surface area contributed by atoms with Crippen molar-refractivity contribution in [1.29, 1.82) is 5.26 Å². The van der Waals surface area contributed by atoms with Crippen LogP contribution in [0.2, 0.25) is 0 Å². The minimum Gasteiger partial charge on any atom is -0.451 e. The predicted octanol–water partition coefficient (Wildman–Crippen LogP) is 2.94. The standard InChI is InChI=1S/C18H17N5O2/c1-11-6-7-14-13(20-11)9-15(25-14)17(24)12(10-19)18-22-21-16-5-3-2-4-8-23(16)18/h6-7,9,12H,2-5,8H2,1H3/t12-/m1/s1. The van der Waals surface area contributed by atoms with Crippen molar-refractivity contribution in [3.8, 4) is 6.07 Å². The van der Waals surface area contributed by atoms with Crippen LogP contribution in [0.4, 0.5) is 0 Å². The number of aromatic nitrogens is 4. The maximum absolute atomic E-state index is 12.9. The molecule has 0 fully saturated rings. The first-order valence-electron chi connectivity index (χ1n) is 8.40. The zero-order chi connectivity index (χ0) is 17.4. The van der Waals surface area contributed by atoms with Crippen molar-refractivity contribution in [3.05, 3.63) is 41.3 Å². The molecule has 0 aromatic carbocycles. The molecule has 0 bridgehead atoms. The average Bonchev–Trinajstić information content (AvgIpc) is 3.12. The fourth-order valence-corrected chi connectivity index (χ4v) is 3.24. The molecule has 126 valence electrons. The highest BCUT2D eigenvalue weighted by atomic mass is 16.3. The molecule has 3 aromatic rings. The molecule has 3 aromatic heterocycles. The zero-order valence-corrected chi connectivity index (χ0v) is 13.9. The molecule has 7 nitrogen and oxygen atoms in total. The van der Waals surface area contributed by atoms with Crippen molar-refractivity contribution >= 4 is 16.9 Å². The van der Waals surface area contributed by atoms with Crippen LogP contribution in [0.25, 0.3) is 11.1 Å². The van der Waals surface area contributed by atoms with Crippen molar-refractivity contribution < 1.29 is 9.21 Å². The van der Waals surface area contributed by atoms with E-state index in [9.17, 15) is 10.1 Å². The van der Waals surface area contributed by atoms with E-state index in [1.807, 2.05) is 17.6 Å². The Morgan fingerprint density at radius 3 is 3.04 bits per heavy atom. The van der Waals surface area contributed by atoms with Gasteiger partial charge in [-0.25, -0.2) is 4.98 Å². The van der Waals surface area contributed by atoms with E-state index >= 15 is 0 Å². The molecule has 0 spiro atoms. The van der Waals surface area contributed by atoms with Gasteiger partial charge in [-0.3, -0.25) is 4.79 Å². The number of nitriles is 1. The molecule has 1 atom stereocenters. The van der Waals surface area contributed by atoms with E-state index in [-0.39, 0.29) is 5.76 Å². The van der Waals surface area contributed by atoms with E-state index in [0.29, 0.717) is 16.9 Å². The number of nitrogens with zero attached hydrogens (tertiary/aromatic N) is 5. The van der Waals surface area contributed by atoms with Crippen molar-refractivity contribution in [2.45, 2.75) is 45.1 Å². The van der Waals surface area contributed by atoms with Gasteiger partial charge in [0.25, 0.3) is 0 Å². The Balaban J connectivity index is 1.72. The highest BCUT2D eigenvalue weighted by Gasteiger charge is 2.31. The molecule has 0 saturated heterocycles. The van der Waals surface area contributed by atoms with E-state index in [0.717, 1.165) is 43.7 Å². The number of Topliss-reactive ketones (excluding diaryl/α,β-unsaturated/α-hetero) is 1. The number of hydrogen-bond donors (Lipinski definition) is 0. The van der Waals surface area contributed by atoms with Gasteiger partial charge in [-0.1, -0.05) is 6.42 Å². The molecule has 7 heteroatoms. The van der Waals surface area contributed by atoms with Gasteiger partial charge < -0.3 is 8.98 Å². The molecule has 0 aliphatic carbocycles. The zero-order valence-electron chi connectivity index (χ0n) is 13.9. The number of ketones is 1. The first-order valence-corrected chi connectivity index (χ1v) is 8.40. The van der Waals surface area contributed by atoms with Crippen LogP contribution in [0.15, 0.2) is 22.6 Å². The van der Waals surface area contributed by atoms with E-state index in [2.05, 4.69) is 21.3 Å². The number of carbonyl (C=O) groups excluding carboxylic acids is 1. The van der Waals surface area contributed by atoms with Crippen molar-refractivity contribution in [2.75, 3.05) is 0 Å². The summed E-state index contributed by atoms with van der Waals surface area (Å²) in [5.74, 6) is -0.0410. The van der Waals surface area contributed by atoms with Gasteiger partial charge >= 0.3 is 0 Å². The highest BCUT2D eigenvalue weighted by molar-refractivity contribution is 6.02. The minimum absolute atomic E-state index is 0.130. The summed E-state index contributed by atoms with van der Waals surface area (Å²) < 4.78 is 7.53. The third-order valence-corrected chi connectivity index (χ3v) is 4.54. The number of hydrogen-bond acceptors (Lipinski definition) is 6. The molecule has 0 radical (unpaired) electrons. The van der Waals surface area contributed by atoms with Gasteiger partial charge in [0.1, 0.15) is 11.3 Å². The van der Waals surface area contributed by atoms with E-state index < -0.39 is 11.7 Å². The topological polar surface area (TPSA) is 97.6 Å².